The SMILES string of the molecule is CC(=O)OC[C@]1(C)CCC[C@]2(C)c3c(cc(C(C)C)c(O)c3O)C(=O)C[C@@H]12. The fourth-order valence-electron chi connectivity index (χ4n) is 5.40. The molecule has 0 spiro atoms. The third-order valence-corrected chi connectivity index (χ3v) is 6.85. The van der Waals surface area contributed by atoms with Crippen LogP contribution in [-0.2, 0) is 14.9 Å². The summed E-state index contributed by atoms with van der Waals surface area (Å²) in [6.07, 6.45) is 2.95. The fraction of sp³-hybridized carbons (Fsp3) is 0.636. The molecule has 1 aromatic carbocycles. The number of hydrogen-bond acceptors (Lipinski definition) is 5. The number of hydrogen-bond donors (Lipinski definition) is 2. The van der Waals surface area contributed by atoms with E-state index in [2.05, 4.69) is 13.8 Å². The molecule has 2 aliphatic carbocycles. The van der Waals surface area contributed by atoms with E-state index in [1.165, 1.54) is 6.92 Å². The maximum atomic E-state index is 13.0. The van der Waals surface area contributed by atoms with Crippen molar-refractivity contribution in [2.75, 3.05) is 6.61 Å². The molecular formula is C22H30O5. The van der Waals surface area contributed by atoms with Gasteiger partial charge in [-0.25, -0.2) is 0 Å². The molecule has 2 N–H and O–H groups in total. The second-order valence-electron chi connectivity index (χ2n) is 9.13. The first kappa shape index (κ1) is 19.7. The second-order valence-corrected chi connectivity index (χ2v) is 9.13. The van der Waals surface area contributed by atoms with Crippen molar-refractivity contribution >= 4 is 11.8 Å². The summed E-state index contributed by atoms with van der Waals surface area (Å²) in [6, 6.07) is 1.76. The molecule has 0 aromatic heterocycles. The second kappa shape index (κ2) is 6.54. The average molecular weight is 374 g/mol. The Morgan fingerprint density at radius 3 is 2.52 bits per heavy atom. The highest BCUT2D eigenvalue weighted by Crippen LogP contribution is 2.60. The molecule has 5 nitrogen and oxygen atoms in total. The number of benzene rings is 1. The Hall–Kier alpha value is -2.04. The Morgan fingerprint density at radius 1 is 1.26 bits per heavy atom. The van der Waals surface area contributed by atoms with Crippen molar-refractivity contribution in [2.24, 2.45) is 11.3 Å². The number of Topliss-reactive ketones (excluding diaryl/α,β-unsaturated/α-hetero) is 1. The lowest BCUT2D eigenvalue weighted by molar-refractivity contribution is -0.148. The van der Waals surface area contributed by atoms with Gasteiger partial charge >= 0.3 is 5.97 Å². The minimum atomic E-state index is -0.451. The molecule has 0 heterocycles. The first-order valence-corrected chi connectivity index (χ1v) is 9.77. The number of ether oxygens (including phenoxy) is 1. The van der Waals surface area contributed by atoms with Gasteiger partial charge in [-0.2, -0.15) is 0 Å². The van der Waals surface area contributed by atoms with Gasteiger partial charge in [0.2, 0.25) is 0 Å². The van der Waals surface area contributed by atoms with Gasteiger partial charge in [0.1, 0.15) is 0 Å². The van der Waals surface area contributed by atoms with Crippen LogP contribution >= 0.6 is 0 Å². The predicted octanol–water partition coefficient (Wildman–Crippen LogP) is 4.43. The molecule has 0 bridgehead atoms. The first-order valence-electron chi connectivity index (χ1n) is 9.77. The third kappa shape index (κ3) is 3.01. The molecule has 1 fully saturated rings. The van der Waals surface area contributed by atoms with Crippen molar-refractivity contribution in [3.63, 3.8) is 0 Å². The molecule has 2 aliphatic rings. The van der Waals surface area contributed by atoms with Crippen LogP contribution in [0.15, 0.2) is 6.07 Å². The van der Waals surface area contributed by atoms with Crippen molar-refractivity contribution in [2.45, 2.75) is 71.6 Å². The highest BCUT2D eigenvalue weighted by Gasteiger charge is 2.55. The highest BCUT2D eigenvalue weighted by atomic mass is 16.5. The number of esters is 1. The molecule has 1 saturated carbocycles. The van der Waals surface area contributed by atoms with E-state index in [0.717, 1.165) is 19.3 Å². The van der Waals surface area contributed by atoms with E-state index in [0.29, 0.717) is 23.1 Å². The zero-order valence-electron chi connectivity index (χ0n) is 16.9. The number of phenolic OH excluding ortho intramolecular Hbond substituents is 2. The summed E-state index contributed by atoms with van der Waals surface area (Å²) in [5.41, 5.74) is 0.905. The number of phenols is 2. The lowest BCUT2D eigenvalue weighted by Gasteiger charge is -2.54. The molecule has 0 amide bonds. The van der Waals surface area contributed by atoms with Crippen LogP contribution in [0.4, 0.5) is 0 Å². The zero-order valence-corrected chi connectivity index (χ0v) is 16.9. The van der Waals surface area contributed by atoms with E-state index in [-0.39, 0.29) is 47.1 Å². The quantitative estimate of drug-likeness (QED) is 0.604. The number of ketones is 1. The third-order valence-electron chi connectivity index (χ3n) is 6.85. The smallest absolute Gasteiger partial charge is 0.302 e. The normalized spacial score (nSPS) is 30.0. The van der Waals surface area contributed by atoms with E-state index >= 15 is 0 Å². The molecule has 1 aromatic rings. The van der Waals surface area contributed by atoms with E-state index in [4.69, 9.17) is 4.74 Å². The maximum absolute atomic E-state index is 13.0. The van der Waals surface area contributed by atoms with Gasteiger partial charge in [-0.15, -0.1) is 0 Å². The van der Waals surface area contributed by atoms with Crippen molar-refractivity contribution in [3.05, 3.63) is 22.8 Å². The summed E-state index contributed by atoms with van der Waals surface area (Å²) >= 11 is 0. The van der Waals surface area contributed by atoms with Crippen LogP contribution in [-0.4, -0.2) is 28.6 Å². The Bertz CT molecular complexity index is 796. The average Bonchev–Trinajstić information content (AvgIpc) is 2.57. The van der Waals surface area contributed by atoms with Crippen molar-refractivity contribution < 1.29 is 24.5 Å². The van der Waals surface area contributed by atoms with Gasteiger partial charge < -0.3 is 14.9 Å². The minimum Gasteiger partial charge on any atom is -0.504 e. The molecule has 0 radical (unpaired) electrons. The van der Waals surface area contributed by atoms with Gasteiger partial charge in [0.15, 0.2) is 17.3 Å². The highest BCUT2D eigenvalue weighted by molar-refractivity contribution is 6.01. The predicted molar refractivity (Wildman–Crippen MR) is 102 cm³/mol. The Balaban J connectivity index is 2.15. The molecule has 5 heteroatoms. The molecule has 0 saturated heterocycles. The van der Waals surface area contributed by atoms with Gasteiger partial charge in [0, 0.05) is 40.9 Å². The van der Waals surface area contributed by atoms with Crippen LogP contribution in [0.25, 0.3) is 0 Å². The van der Waals surface area contributed by atoms with Crippen LogP contribution < -0.4 is 0 Å². The van der Waals surface area contributed by atoms with E-state index < -0.39 is 5.41 Å². The lowest BCUT2D eigenvalue weighted by Crippen LogP contribution is -2.52. The number of rotatable bonds is 3. The Morgan fingerprint density at radius 2 is 1.93 bits per heavy atom. The summed E-state index contributed by atoms with van der Waals surface area (Å²) in [7, 11) is 0. The molecule has 3 atom stereocenters. The summed E-state index contributed by atoms with van der Waals surface area (Å²) in [4.78, 5) is 24.4. The number of aromatic hydroxyl groups is 2. The number of carbonyl (C=O) groups is 2. The standard InChI is InChI=1S/C22H30O5/c1-12(2)14-9-15-16(24)10-17-21(4,11-27-13(3)23)7-6-8-22(17,5)18(15)20(26)19(14)25/h9,12,17,25-26H,6-8,10-11H2,1-5H3/t17-,21-,22-/m0/s1. The minimum absolute atomic E-state index is 0.000109. The summed E-state index contributed by atoms with van der Waals surface area (Å²) < 4.78 is 5.34. The summed E-state index contributed by atoms with van der Waals surface area (Å²) in [5, 5.41) is 21.5. The molecule has 148 valence electrons. The maximum Gasteiger partial charge on any atom is 0.302 e. The van der Waals surface area contributed by atoms with Crippen LogP contribution in [0.1, 0.15) is 87.7 Å². The lowest BCUT2D eigenvalue weighted by atomic mass is 9.49. The number of carbonyl (C=O) groups excluding carboxylic acids is 2. The molecular weight excluding hydrogens is 344 g/mol. The van der Waals surface area contributed by atoms with Crippen LogP contribution in [0.3, 0.4) is 0 Å². The van der Waals surface area contributed by atoms with E-state index in [1.54, 1.807) is 6.07 Å². The van der Waals surface area contributed by atoms with E-state index in [9.17, 15) is 19.8 Å². The van der Waals surface area contributed by atoms with Gasteiger partial charge in [-0.05, 0) is 30.7 Å². The molecule has 0 aliphatic heterocycles. The van der Waals surface area contributed by atoms with Crippen molar-refractivity contribution in [3.8, 4) is 11.5 Å². The van der Waals surface area contributed by atoms with Crippen molar-refractivity contribution in [1.82, 2.24) is 0 Å². The van der Waals surface area contributed by atoms with Crippen LogP contribution in [0.5, 0.6) is 11.5 Å². The zero-order chi connectivity index (χ0) is 20.1. The topological polar surface area (TPSA) is 83.8 Å². The van der Waals surface area contributed by atoms with Gasteiger partial charge in [0.25, 0.3) is 0 Å². The summed E-state index contributed by atoms with van der Waals surface area (Å²) in [6.45, 7) is 9.65. The molecule has 3 rings (SSSR count). The van der Waals surface area contributed by atoms with Gasteiger partial charge in [0.05, 0.1) is 6.61 Å². The Kier molecular flexibility index (Phi) is 4.77. The monoisotopic (exact) mass is 374 g/mol. The van der Waals surface area contributed by atoms with Crippen LogP contribution in [0, 0.1) is 11.3 Å². The molecule has 27 heavy (non-hydrogen) atoms. The van der Waals surface area contributed by atoms with Crippen LogP contribution in [0.2, 0.25) is 0 Å². The number of fused-ring (bicyclic) bond motifs is 3. The Labute approximate surface area is 160 Å². The summed E-state index contributed by atoms with van der Waals surface area (Å²) in [5.74, 6) is -0.679. The first-order chi connectivity index (χ1) is 12.5. The van der Waals surface area contributed by atoms with E-state index in [1.807, 2.05) is 13.8 Å². The van der Waals surface area contributed by atoms with Gasteiger partial charge in [-0.3, -0.25) is 9.59 Å². The fourth-order valence-corrected chi connectivity index (χ4v) is 5.40. The van der Waals surface area contributed by atoms with Gasteiger partial charge in [-0.1, -0.05) is 34.1 Å². The largest absolute Gasteiger partial charge is 0.504 e. The van der Waals surface area contributed by atoms with Crippen molar-refractivity contribution in [1.29, 1.82) is 0 Å². The molecule has 0 unspecified atom stereocenters.